The Bertz CT molecular complexity index is 787. The van der Waals surface area contributed by atoms with Crippen LogP contribution < -0.4 is 21.3 Å². The number of amides is 3. The van der Waals surface area contributed by atoms with Gasteiger partial charge in [-0.15, -0.1) is 0 Å². The maximum absolute atomic E-state index is 11.7. The Labute approximate surface area is 289 Å². The summed E-state index contributed by atoms with van der Waals surface area (Å²) < 4.78 is 15.7. The minimum absolute atomic E-state index is 0.00369. The third kappa shape index (κ3) is 41.4. The van der Waals surface area contributed by atoms with E-state index in [1.54, 1.807) is 6.92 Å². The fourth-order valence-corrected chi connectivity index (χ4v) is 4.43. The second-order valence-corrected chi connectivity index (χ2v) is 11.8. The van der Waals surface area contributed by atoms with E-state index in [-0.39, 0.29) is 30.4 Å². The highest BCUT2D eigenvalue weighted by Crippen LogP contribution is 2.13. The van der Waals surface area contributed by atoms with Crippen LogP contribution in [0.4, 0.5) is 0 Å². The molecule has 13 heteroatoms. The van der Waals surface area contributed by atoms with Crippen LogP contribution in [-0.4, -0.2) is 107 Å². The Kier molecular flexibility index (Phi) is 38.4. The van der Waals surface area contributed by atoms with Crippen molar-refractivity contribution < 1.29 is 43.3 Å². The molecule has 0 aromatic heterocycles. The van der Waals surface area contributed by atoms with Gasteiger partial charge in [-0.3, -0.25) is 19.2 Å². The molecule has 0 saturated carbocycles. The first-order chi connectivity index (χ1) is 23.3. The molecule has 0 aliphatic heterocycles. The predicted molar refractivity (Wildman–Crippen MR) is 188 cm³/mol. The summed E-state index contributed by atoms with van der Waals surface area (Å²) in [5.74, 6) is -0.761. The quantitative estimate of drug-likeness (QED) is 0.0491. The number of carboxylic acids is 1. The average molecular weight is 689 g/mol. The summed E-state index contributed by atoms with van der Waals surface area (Å²) >= 11 is 0. The molecular weight excluding hydrogens is 620 g/mol. The molecule has 0 aliphatic carbocycles. The minimum atomic E-state index is -0.685. The molecule has 0 saturated heterocycles. The molecular formula is C35H68N4O9. The lowest BCUT2D eigenvalue weighted by Crippen LogP contribution is -2.32. The molecule has 0 spiro atoms. The van der Waals surface area contributed by atoms with E-state index in [1.807, 2.05) is 14.0 Å². The molecule has 0 aliphatic rings. The number of carbonyl (C=O) groups excluding carboxylic acids is 4. The molecule has 0 bridgehead atoms. The molecule has 0 unspecified atom stereocenters. The number of carboxylic acid groups (broad SMARTS) is 1. The highest BCUT2D eigenvalue weighted by Gasteiger charge is 2.06. The molecule has 13 nitrogen and oxygen atoms in total. The number of hydrogen-bond acceptors (Lipinski definition) is 9. The zero-order valence-corrected chi connectivity index (χ0v) is 30.3. The smallest absolute Gasteiger partial charge is 0.303 e. The number of hydrogen-bond donors (Lipinski definition) is 5. The summed E-state index contributed by atoms with van der Waals surface area (Å²) in [6, 6.07) is 0.0878. The predicted octanol–water partition coefficient (Wildman–Crippen LogP) is 3.91. The van der Waals surface area contributed by atoms with Gasteiger partial charge >= 0.3 is 5.97 Å². The molecule has 0 aromatic rings. The van der Waals surface area contributed by atoms with Crippen LogP contribution >= 0.6 is 0 Å². The van der Waals surface area contributed by atoms with Crippen LogP contribution in [0.15, 0.2) is 0 Å². The maximum Gasteiger partial charge on any atom is 0.303 e. The lowest BCUT2D eigenvalue weighted by atomic mass is 10.0. The van der Waals surface area contributed by atoms with E-state index in [0.717, 1.165) is 51.4 Å². The van der Waals surface area contributed by atoms with Gasteiger partial charge in [0.2, 0.25) is 17.7 Å². The van der Waals surface area contributed by atoms with Crippen LogP contribution in [0.5, 0.6) is 0 Å². The van der Waals surface area contributed by atoms with Gasteiger partial charge in [-0.1, -0.05) is 71.1 Å². The Morgan fingerprint density at radius 1 is 0.646 bits per heavy atom. The molecule has 0 aromatic carbocycles. The van der Waals surface area contributed by atoms with Crippen molar-refractivity contribution >= 4 is 30.0 Å². The fourth-order valence-electron chi connectivity index (χ4n) is 4.43. The summed E-state index contributed by atoms with van der Waals surface area (Å²) in [7, 11) is 1.86. The summed E-state index contributed by atoms with van der Waals surface area (Å²) in [6.45, 7) is 7.78. The van der Waals surface area contributed by atoms with E-state index in [1.165, 1.54) is 44.9 Å². The second-order valence-electron chi connectivity index (χ2n) is 11.8. The molecule has 3 amide bonds. The van der Waals surface area contributed by atoms with Crippen LogP contribution in [-0.2, 0) is 38.2 Å². The van der Waals surface area contributed by atoms with Crippen LogP contribution in [0.3, 0.4) is 0 Å². The molecule has 0 radical (unpaired) electrons. The molecule has 0 rings (SSSR count). The molecule has 282 valence electrons. The van der Waals surface area contributed by atoms with Gasteiger partial charge in [-0.05, 0) is 33.2 Å². The molecule has 48 heavy (non-hydrogen) atoms. The topological polar surface area (TPSA) is 181 Å². The van der Waals surface area contributed by atoms with Crippen molar-refractivity contribution in [2.75, 3.05) is 66.3 Å². The number of carbonyl (C=O) groups is 5. The summed E-state index contributed by atoms with van der Waals surface area (Å²) in [5, 5.41) is 19.8. The third-order valence-corrected chi connectivity index (χ3v) is 7.23. The largest absolute Gasteiger partial charge is 0.481 e. The van der Waals surface area contributed by atoms with Crippen molar-refractivity contribution in [2.24, 2.45) is 0 Å². The first-order valence-corrected chi connectivity index (χ1v) is 18.1. The van der Waals surface area contributed by atoms with Crippen LogP contribution in [0.25, 0.3) is 0 Å². The van der Waals surface area contributed by atoms with E-state index in [9.17, 15) is 24.0 Å². The van der Waals surface area contributed by atoms with E-state index in [4.69, 9.17) is 19.3 Å². The second kappa shape index (κ2) is 38.8. The van der Waals surface area contributed by atoms with Crippen molar-refractivity contribution in [3.05, 3.63) is 0 Å². The number of aldehydes is 1. The van der Waals surface area contributed by atoms with Crippen molar-refractivity contribution in [3.63, 3.8) is 0 Å². The van der Waals surface area contributed by atoms with Gasteiger partial charge in [0.05, 0.1) is 33.0 Å². The first-order valence-electron chi connectivity index (χ1n) is 18.1. The number of nitrogens with one attached hydrogen (secondary N) is 4. The fraction of sp³-hybridized carbons (Fsp3) is 0.857. The van der Waals surface area contributed by atoms with Crippen molar-refractivity contribution in [3.8, 4) is 0 Å². The number of likely N-dealkylation sites (N-methyl/N-ethyl adjacent to an activating group) is 1. The summed E-state index contributed by atoms with van der Waals surface area (Å²) in [5.41, 5.74) is 0. The van der Waals surface area contributed by atoms with Gasteiger partial charge in [0.1, 0.15) is 12.9 Å². The normalized spacial score (nSPS) is 11.2. The number of unbranched alkanes of at least 4 members (excludes halogenated alkanes) is 11. The molecule has 5 N–H and O–H groups in total. The van der Waals surface area contributed by atoms with Crippen molar-refractivity contribution in [2.45, 2.75) is 129 Å². The summed E-state index contributed by atoms with van der Waals surface area (Å²) in [4.78, 5) is 54.7. The zero-order valence-electron chi connectivity index (χ0n) is 30.3. The Balaban J connectivity index is 0. The summed E-state index contributed by atoms with van der Waals surface area (Å²) in [6.07, 6.45) is 17.3. The van der Waals surface area contributed by atoms with Crippen molar-refractivity contribution in [1.29, 1.82) is 0 Å². The zero-order chi connectivity index (χ0) is 35.9. The first kappa shape index (κ1) is 47.5. The minimum Gasteiger partial charge on any atom is -0.481 e. The van der Waals surface area contributed by atoms with Gasteiger partial charge in [-0.2, -0.15) is 0 Å². The SMILES string of the molecule is CCC(=O)NCCOCCNC(=O)COCCOCCNC.C[C@@H](CCC=O)NC(=O)CCCCCCCCCCCCCCC(=O)O. The van der Waals surface area contributed by atoms with Crippen LogP contribution in [0, 0.1) is 0 Å². The van der Waals surface area contributed by atoms with E-state index >= 15 is 0 Å². The maximum atomic E-state index is 11.7. The highest BCUT2D eigenvalue weighted by molar-refractivity contribution is 5.77. The number of aliphatic carboxylic acids is 1. The Morgan fingerprint density at radius 2 is 1.12 bits per heavy atom. The molecule has 0 heterocycles. The van der Waals surface area contributed by atoms with Crippen LogP contribution in [0.1, 0.15) is 123 Å². The van der Waals surface area contributed by atoms with E-state index in [0.29, 0.717) is 71.8 Å². The van der Waals surface area contributed by atoms with E-state index in [2.05, 4.69) is 21.3 Å². The van der Waals surface area contributed by atoms with Gasteiger partial charge in [0.25, 0.3) is 0 Å². The van der Waals surface area contributed by atoms with Gasteiger partial charge in [-0.25, -0.2) is 0 Å². The lowest BCUT2D eigenvalue weighted by Gasteiger charge is -2.12. The monoisotopic (exact) mass is 688 g/mol. The van der Waals surface area contributed by atoms with Gasteiger partial charge in [0, 0.05) is 51.4 Å². The van der Waals surface area contributed by atoms with Gasteiger partial charge in [0.15, 0.2) is 0 Å². The van der Waals surface area contributed by atoms with Crippen LogP contribution in [0.2, 0.25) is 0 Å². The van der Waals surface area contributed by atoms with E-state index < -0.39 is 5.97 Å². The van der Waals surface area contributed by atoms with Gasteiger partial charge < -0.3 is 45.4 Å². The highest BCUT2D eigenvalue weighted by atomic mass is 16.5. The lowest BCUT2D eigenvalue weighted by molar-refractivity contribution is -0.137. The number of ether oxygens (including phenoxy) is 3. The standard InChI is InChI=1S/C21H39NO4.C14H29N3O5/c1-19(15-14-18-23)22-20(24)16-12-10-8-6-4-2-3-5-7-9-11-13-17-21(25)26;1-3-13(18)16-5-8-20-9-6-17-14(19)12-22-11-10-21-7-4-15-2/h18-19H,2-17H2,1H3,(H,22,24)(H,25,26);15H,3-12H2,1-2H3,(H,16,18)(H,17,19)/t19-;/m0./s1. The average Bonchev–Trinajstić information content (AvgIpc) is 3.06. The Hall–Kier alpha value is -2.61. The van der Waals surface area contributed by atoms with Crippen molar-refractivity contribution in [1.82, 2.24) is 21.3 Å². The molecule has 0 fully saturated rings. The number of rotatable bonds is 34. The Morgan fingerprint density at radius 3 is 1.65 bits per heavy atom. The molecule has 1 atom stereocenters. The third-order valence-electron chi connectivity index (χ3n) is 7.23.